The first kappa shape index (κ1) is 12.5. The van der Waals surface area contributed by atoms with Gasteiger partial charge < -0.3 is 14.2 Å². The maximum Gasteiger partial charge on any atom is 0.148 e. The number of hydrogen-bond donors (Lipinski definition) is 0. The molecule has 3 nitrogen and oxygen atoms in total. The predicted molar refractivity (Wildman–Crippen MR) is 82.2 cm³/mol. The predicted octanol–water partition coefficient (Wildman–Crippen LogP) is 3.31. The minimum atomic E-state index is -0.128. The van der Waals surface area contributed by atoms with E-state index >= 15 is 0 Å². The van der Waals surface area contributed by atoms with E-state index in [2.05, 4.69) is 75.2 Å². The van der Waals surface area contributed by atoms with Crippen LogP contribution in [0.3, 0.4) is 0 Å². The molecule has 2 atom stereocenters. The van der Waals surface area contributed by atoms with Crippen molar-refractivity contribution in [3.8, 4) is 5.75 Å². The van der Waals surface area contributed by atoms with E-state index in [1.807, 2.05) is 0 Å². The summed E-state index contributed by atoms with van der Waals surface area (Å²) in [5.74, 6) is 1.03. The van der Waals surface area contributed by atoms with Gasteiger partial charge in [-0.25, -0.2) is 0 Å². The molecule has 1 aromatic carbocycles. The van der Waals surface area contributed by atoms with Gasteiger partial charge in [0, 0.05) is 41.9 Å². The Kier molecular flexibility index (Phi) is 2.72. The standard InChI is InChI=1S/C16H17BrN2O/c1-18-9-6-16(11-18)15(19-7-2-3-8-19)13-10-12(17)4-5-14(13)20-16/h2-5,7-8,10,15H,6,9,11H2,1H3. The first-order valence-corrected chi connectivity index (χ1v) is 7.77. The van der Waals surface area contributed by atoms with E-state index in [1.165, 1.54) is 5.56 Å². The number of nitrogens with zero attached hydrogens (tertiary/aromatic N) is 2. The molecule has 1 aromatic heterocycles. The summed E-state index contributed by atoms with van der Waals surface area (Å²) in [6, 6.07) is 10.8. The molecule has 0 saturated carbocycles. The Hall–Kier alpha value is -1.26. The van der Waals surface area contributed by atoms with Crippen LogP contribution in [-0.2, 0) is 0 Å². The number of hydrogen-bond acceptors (Lipinski definition) is 2. The first-order chi connectivity index (χ1) is 9.68. The van der Waals surface area contributed by atoms with Crippen molar-refractivity contribution < 1.29 is 4.74 Å². The summed E-state index contributed by atoms with van der Waals surface area (Å²) >= 11 is 3.59. The van der Waals surface area contributed by atoms with Crippen LogP contribution in [0, 0.1) is 0 Å². The zero-order chi connectivity index (χ0) is 13.7. The Morgan fingerprint density at radius 2 is 2.10 bits per heavy atom. The molecule has 2 aliphatic heterocycles. The van der Waals surface area contributed by atoms with Crippen molar-refractivity contribution in [1.82, 2.24) is 9.47 Å². The van der Waals surface area contributed by atoms with Crippen molar-refractivity contribution in [1.29, 1.82) is 0 Å². The van der Waals surface area contributed by atoms with E-state index in [0.29, 0.717) is 0 Å². The molecule has 1 spiro atoms. The van der Waals surface area contributed by atoms with Crippen LogP contribution in [0.25, 0.3) is 0 Å². The van der Waals surface area contributed by atoms with E-state index in [0.717, 1.165) is 29.7 Å². The third-order valence-electron chi connectivity index (χ3n) is 4.46. The van der Waals surface area contributed by atoms with Crippen LogP contribution >= 0.6 is 15.9 Å². The van der Waals surface area contributed by atoms with Crippen molar-refractivity contribution in [2.45, 2.75) is 18.1 Å². The Labute approximate surface area is 127 Å². The van der Waals surface area contributed by atoms with Gasteiger partial charge in [-0.3, -0.25) is 0 Å². The van der Waals surface area contributed by atoms with Crippen LogP contribution < -0.4 is 4.74 Å². The fourth-order valence-electron chi connectivity index (χ4n) is 3.64. The molecule has 0 N–H and O–H groups in total. The van der Waals surface area contributed by atoms with E-state index < -0.39 is 0 Å². The number of aromatic nitrogens is 1. The molecule has 2 aliphatic rings. The average Bonchev–Trinajstić information content (AvgIpc) is 3.09. The lowest BCUT2D eigenvalue weighted by atomic mass is 9.90. The maximum atomic E-state index is 6.43. The Balaban J connectivity index is 1.87. The van der Waals surface area contributed by atoms with Crippen molar-refractivity contribution in [2.75, 3.05) is 20.1 Å². The van der Waals surface area contributed by atoms with Crippen LogP contribution in [0.4, 0.5) is 0 Å². The number of likely N-dealkylation sites (tertiary alicyclic amines) is 1. The summed E-state index contributed by atoms with van der Waals surface area (Å²) in [5, 5.41) is 0. The van der Waals surface area contributed by atoms with Crippen LogP contribution in [0.1, 0.15) is 18.0 Å². The van der Waals surface area contributed by atoms with Gasteiger partial charge in [-0.15, -0.1) is 0 Å². The maximum absolute atomic E-state index is 6.43. The molecule has 0 aliphatic carbocycles. The quantitative estimate of drug-likeness (QED) is 0.797. The number of ether oxygens (including phenoxy) is 1. The third kappa shape index (κ3) is 1.75. The number of halogens is 1. The molecular weight excluding hydrogens is 316 g/mol. The van der Waals surface area contributed by atoms with Gasteiger partial charge in [0.05, 0.1) is 0 Å². The van der Waals surface area contributed by atoms with Crippen LogP contribution in [0.2, 0.25) is 0 Å². The van der Waals surface area contributed by atoms with Gasteiger partial charge in [0.1, 0.15) is 17.4 Å². The SMILES string of the molecule is CN1CCC2(C1)Oc1ccc(Br)cc1C2n1cccc1. The third-order valence-corrected chi connectivity index (χ3v) is 4.95. The highest BCUT2D eigenvalue weighted by Crippen LogP contribution is 2.50. The fraction of sp³-hybridized carbons (Fsp3) is 0.375. The molecule has 20 heavy (non-hydrogen) atoms. The van der Waals surface area contributed by atoms with E-state index in [1.54, 1.807) is 0 Å². The highest BCUT2D eigenvalue weighted by molar-refractivity contribution is 9.10. The summed E-state index contributed by atoms with van der Waals surface area (Å²) in [5.41, 5.74) is 1.16. The van der Waals surface area contributed by atoms with Crippen molar-refractivity contribution >= 4 is 15.9 Å². The topological polar surface area (TPSA) is 17.4 Å². The molecule has 104 valence electrons. The van der Waals surface area contributed by atoms with Gasteiger partial charge in [0.15, 0.2) is 0 Å². The molecule has 4 rings (SSSR count). The molecule has 0 amide bonds. The van der Waals surface area contributed by atoms with Crippen LogP contribution in [0.5, 0.6) is 5.75 Å². The summed E-state index contributed by atoms with van der Waals surface area (Å²) in [4.78, 5) is 2.36. The van der Waals surface area contributed by atoms with Gasteiger partial charge >= 0.3 is 0 Å². The van der Waals surface area contributed by atoms with Gasteiger partial charge in [0.25, 0.3) is 0 Å². The second kappa shape index (κ2) is 4.37. The lowest BCUT2D eigenvalue weighted by Crippen LogP contribution is -2.43. The largest absolute Gasteiger partial charge is 0.483 e. The fourth-order valence-corrected chi connectivity index (χ4v) is 4.02. The Morgan fingerprint density at radius 3 is 2.80 bits per heavy atom. The van der Waals surface area contributed by atoms with E-state index in [4.69, 9.17) is 4.74 Å². The molecule has 0 bridgehead atoms. The van der Waals surface area contributed by atoms with E-state index in [9.17, 15) is 0 Å². The minimum Gasteiger partial charge on any atom is -0.483 e. The molecule has 2 aromatic rings. The molecule has 1 fully saturated rings. The van der Waals surface area contributed by atoms with Crippen molar-refractivity contribution in [3.63, 3.8) is 0 Å². The number of fused-ring (bicyclic) bond motifs is 1. The number of likely N-dealkylation sites (N-methyl/N-ethyl adjacent to an activating group) is 1. The van der Waals surface area contributed by atoms with E-state index in [-0.39, 0.29) is 11.6 Å². The Morgan fingerprint density at radius 1 is 1.30 bits per heavy atom. The normalized spacial score (nSPS) is 28.8. The number of benzene rings is 1. The van der Waals surface area contributed by atoms with Crippen LogP contribution in [-0.4, -0.2) is 35.2 Å². The highest BCUT2D eigenvalue weighted by Gasteiger charge is 2.52. The first-order valence-electron chi connectivity index (χ1n) is 6.97. The average molecular weight is 333 g/mol. The van der Waals surface area contributed by atoms with Crippen molar-refractivity contribution in [3.05, 3.63) is 52.8 Å². The monoisotopic (exact) mass is 332 g/mol. The van der Waals surface area contributed by atoms with Gasteiger partial charge in [-0.2, -0.15) is 0 Å². The second-order valence-electron chi connectivity index (χ2n) is 5.87. The van der Waals surface area contributed by atoms with Crippen LogP contribution in [0.15, 0.2) is 47.2 Å². The highest BCUT2D eigenvalue weighted by atomic mass is 79.9. The molecule has 0 radical (unpaired) electrons. The summed E-state index contributed by atoms with van der Waals surface area (Å²) in [7, 11) is 2.17. The van der Waals surface area contributed by atoms with Gasteiger partial charge in [0.2, 0.25) is 0 Å². The number of rotatable bonds is 1. The van der Waals surface area contributed by atoms with Gasteiger partial charge in [-0.05, 0) is 37.4 Å². The molecule has 2 unspecified atom stereocenters. The minimum absolute atomic E-state index is 0.128. The molecule has 4 heteroatoms. The summed E-state index contributed by atoms with van der Waals surface area (Å²) in [6.07, 6.45) is 5.35. The summed E-state index contributed by atoms with van der Waals surface area (Å²) in [6.45, 7) is 2.06. The lowest BCUT2D eigenvalue weighted by molar-refractivity contribution is 0.0695. The Bertz CT molecular complexity index is 640. The smallest absolute Gasteiger partial charge is 0.148 e. The zero-order valence-electron chi connectivity index (χ0n) is 11.4. The summed E-state index contributed by atoms with van der Waals surface area (Å²) < 4.78 is 9.83. The van der Waals surface area contributed by atoms with Gasteiger partial charge in [-0.1, -0.05) is 15.9 Å². The molecular formula is C16H17BrN2O. The van der Waals surface area contributed by atoms with Crippen molar-refractivity contribution in [2.24, 2.45) is 0 Å². The molecule has 1 saturated heterocycles. The second-order valence-corrected chi connectivity index (χ2v) is 6.79. The zero-order valence-corrected chi connectivity index (χ0v) is 13.0. The molecule has 3 heterocycles. The lowest BCUT2D eigenvalue weighted by Gasteiger charge is -2.31.